The zero-order valence-electron chi connectivity index (χ0n) is 14.9. The van der Waals surface area contributed by atoms with Crippen molar-refractivity contribution in [2.45, 2.75) is 26.7 Å². The second-order valence-electron chi connectivity index (χ2n) is 6.55. The average molecular weight is 354 g/mol. The van der Waals surface area contributed by atoms with Gasteiger partial charge in [-0.25, -0.2) is 4.98 Å². The molecule has 3 rings (SSSR count). The van der Waals surface area contributed by atoms with Crippen molar-refractivity contribution in [2.75, 3.05) is 23.3 Å². The molecule has 0 atom stereocenters. The summed E-state index contributed by atoms with van der Waals surface area (Å²) in [7, 11) is 0. The SMILES string of the molecule is CC(=O)c1ccc(Nc2nc(C)cc(N3CCC(C(=O)O)CC3)n2)cc1. The standard InChI is InChI=1S/C19H22N4O3/c1-12-11-17(23-9-7-15(8-10-23)18(25)26)22-19(20-12)21-16-5-3-14(4-6-16)13(2)24/h3-6,11,15H,7-10H2,1-2H3,(H,25,26)(H,20,21,22). The molecule has 7 heteroatoms. The molecule has 2 aromatic rings. The number of aromatic nitrogens is 2. The summed E-state index contributed by atoms with van der Waals surface area (Å²) in [5, 5.41) is 12.3. The van der Waals surface area contributed by atoms with Crippen molar-refractivity contribution >= 4 is 29.2 Å². The van der Waals surface area contributed by atoms with Crippen molar-refractivity contribution in [3.8, 4) is 0 Å². The van der Waals surface area contributed by atoms with Gasteiger partial charge in [-0.1, -0.05) is 0 Å². The minimum absolute atomic E-state index is 0.0235. The molecule has 1 aromatic heterocycles. The third-order valence-electron chi connectivity index (χ3n) is 4.56. The number of carboxylic acids is 1. The van der Waals surface area contributed by atoms with Gasteiger partial charge in [0, 0.05) is 36.1 Å². The largest absolute Gasteiger partial charge is 0.481 e. The van der Waals surface area contributed by atoms with Crippen LogP contribution in [0.5, 0.6) is 0 Å². The number of piperidine rings is 1. The summed E-state index contributed by atoms with van der Waals surface area (Å²) in [5.74, 6) is 0.307. The van der Waals surface area contributed by atoms with Gasteiger partial charge in [0.25, 0.3) is 0 Å². The summed E-state index contributed by atoms with van der Waals surface area (Å²) >= 11 is 0. The Morgan fingerprint density at radius 3 is 2.38 bits per heavy atom. The van der Waals surface area contributed by atoms with Crippen molar-refractivity contribution in [2.24, 2.45) is 5.92 Å². The molecule has 2 heterocycles. The van der Waals surface area contributed by atoms with Gasteiger partial charge in [-0.3, -0.25) is 9.59 Å². The number of ketones is 1. The quantitative estimate of drug-likeness (QED) is 0.797. The predicted molar refractivity (Wildman–Crippen MR) is 99.1 cm³/mol. The smallest absolute Gasteiger partial charge is 0.306 e. The number of Topliss-reactive ketones (excluding diaryl/α,β-unsaturated/α-hetero) is 1. The average Bonchev–Trinajstić information content (AvgIpc) is 2.61. The zero-order valence-corrected chi connectivity index (χ0v) is 14.9. The van der Waals surface area contributed by atoms with E-state index < -0.39 is 5.97 Å². The number of carbonyl (C=O) groups excluding carboxylic acids is 1. The van der Waals surface area contributed by atoms with Gasteiger partial charge in [0.15, 0.2) is 5.78 Å². The number of nitrogens with one attached hydrogen (secondary N) is 1. The van der Waals surface area contributed by atoms with Crippen molar-refractivity contribution in [1.29, 1.82) is 0 Å². The molecule has 0 unspecified atom stereocenters. The minimum atomic E-state index is -0.722. The number of nitrogens with zero attached hydrogens (tertiary/aromatic N) is 3. The van der Waals surface area contributed by atoms with Gasteiger partial charge in [0.2, 0.25) is 5.95 Å². The van der Waals surface area contributed by atoms with Gasteiger partial charge in [-0.05, 0) is 51.0 Å². The van der Waals surface area contributed by atoms with Crippen LogP contribution in [-0.2, 0) is 4.79 Å². The van der Waals surface area contributed by atoms with Crippen LogP contribution in [0.1, 0.15) is 35.8 Å². The molecule has 0 spiro atoms. The number of benzene rings is 1. The van der Waals surface area contributed by atoms with Gasteiger partial charge in [0.05, 0.1) is 5.92 Å². The highest BCUT2D eigenvalue weighted by Crippen LogP contribution is 2.24. The molecule has 0 aliphatic carbocycles. The van der Waals surface area contributed by atoms with Gasteiger partial charge in [0.1, 0.15) is 5.82 Å². The topological polar surface area (TPSA) is 95.4 Å². The highest BCUT2D eigenvalue weighted by molar-refractivity contribution is 5.94. The Kier molecular flexibility index (Phi) is 5.16. The monoisotopic (exact) mass is 354 g/mol. The Bertz CT molecular complexity index is 812. The normalized spacial score (nSPS) is 14.9. The Morgan fingerprint density at radius 2 is 1.81 bits per heavy atom. The molecule has 1 aliphatic heterocycles. The Labute approximate surface area is 152 Å². The van der Waals surface area contributed by atoms with E-state index in [1.165, 1.54) is 6.92 Å². The molecule has 136 valence electrons. The minimum Gasteiger partial charge on any atom is -0.481 e. The number of hydrogen-bond donors (Lipinski definition) is 2. The molecular formula is C19H22N4O3. The lowest BCUT2D eigenvalue weighted by Crippen LogP contribution is -2.36. The number of aryl methyl sites for hydroxylation is 1. The zero-order chi connectivity index (χ0) is 18.7. The number of hydrogen-bond acceptors (Lipinski definition) is 6. The lowest BCUT2D eigenvalue weighted by atomic mass is 9.97. The Morgan fingerprint density at radius 1 is 1.15 bits per heavy atom. The second kappa shape index (κ2) is 7.51. The molecule has 0 amide bonds. The van der Waals surface area contributed by atoms with E-state index in [1.807, 2.05) is 25.1 Å². The molecule has 0 radical (unpaired) electrons. The first-order valence-electron chi connectivity index (χ1n) is 8.64. The van der Waals surface area contributed by atoms with Crippen LogP contribution < -0.4 is 10.2 Å². The number of aliphatic carboxylic acids is 1. The highest BCUT2D eigenvalue weighted by Gasteiger charge is 2.25. The molecule has 0 saturated carbocycles. The number of rotatable bonds is 5. The summed E-state index contributed by atoms with van der Waals surface area (Å²) in [6.07, 6.45) is 1.24. The number of carbonyl (C=O) groups is 2. The van der Waals surface area contributed by atoms with Crippen molar-refractivity contribution in [3.05, 3.63) is 41.6 Å². The van der Waals surface area contributed by atoms with Gasteiger partial charge in [-0.15, -0.1) is 0 Å². The van der Waals surface area contributed by atoms with Crippen LogP contribution >= 0.6 is 0 Å². The first-order valence-corrected chi connectivity index (χ1v) is 8.64. The lowest BCUT2D eigenvalue weighted by Gasteiger charge is -2.31. The fraction of sp³-hybridized carbons (Fsp3) is 0.368. The van der Waals surface area contributed by atoms with Gasteiger partial charge in [-0.2, -0.15) is 4.98 Å². The summed E-state index contributed by atoms with van der Waals surface area (Å²) in [6, 6.07) is 9.07. The van der Waals surface area contributed by atoms with E-state index in [4.69, 9.17) is 5.11 Å². The maximum absolute atomic E-state index is 11.4. The van der Waals surface area contributed by atoms with Crippen LogP contribution in [0.2, 0.25) is 0 Å². The number of anilines is 3. The van der Waals surface area contributed by atoms with Crippen LogP contribution in [0, 0.1) is 12.8 Å². The van der Waals surface area contributed by atoms with E-state index in [1.54, 1.807) is 12.1 Å². The maximum Gasteiger partial charge on any atom is 0.306 e. The second-order valence-corrected chi connectivity index (χ2v) is 6.55. The van der Waals surface area contributed by atoms with Crippen molar-refractivity contribution < 1.29 is 14.7 Å². The molecule has 1 aliphatic rings. The van der Waals surface area contributed by atoms with Gasteiger partial charge >= 0.3 is 5.97 Å². The third-order valence-corrected chi connectivity index (χ3v) is 4.56. The maximum atomic E-state index is 11.4. The van der Waals surface area contributed by atoms with Crippen LogP contribution in [0.3, 0.4) is 0 Å². The summed E-state index contributed by atoms with van der Waals surface area (Å²) in [5.41, 5.74) is 2.29. The summed E-state index contributed by atoms with van der Waals surface area (Å²) in [6.45, 7) is 4.77. The summed E-state index contributed by atoms with van der Waals surface area (Å²) < 4.78 is 0. The fourth-order valence-electron chi connectivity index (χ4n) is 3.04. The third kappa shape index (κ3) is 4.17. The van der Waals surface area contributed by atoms with Crippen LogP contribution in [0.15, 0.2) is 30.3 Å². The van der Waals surface area contributed by atoms with E-state index in [0.29, 0.717) is 37.4 Å². The molecule has 1 fully saturated rings. The van der Waals surface area contributed by atoms with E-state index in [9.17, 15) is 9.59 Å². The molecule has 1 saturated heterocycles. The first kappa shape index (κ1) is 17.8. The van der Waals surface area contributed by atoms with Crippen LogP contribution in [-0.4, -0.2) is 39.9 Å². The van der Waals surface area contributed by atoms with E-state index in [-0.39, 0.29) is 11.7 Å². The van der Waals surface area contributed by atoms with Gasteiger partial charge < -0.3 is 15.3 Å². The fourth-order valence-corrected chi connectivity index (χ4v) is 3.04. The van der Waals surface area contributed by atoms with Crippen LogP contribution in [0.4, 0.5) is 17.5 Å². The Hall–Kier alpha value is -2.96. The molecule has 7 nitrogen and oxygen atoms in total. The van der Waals surface area contributed by atoms with E-state index >= 15 is 0 Å². The molecule has 2 N–H and O–H groups in total. The lowest BCUT2D eigenvalue weighted by molar-refractivity contribution is -0.142. The van der Waals surface area contributed by atoms with E-state index in [0.717, 1.165) is 17.2 Å². The molecule has 1 aromatic carbocycles. The molecule has 26 heavy (non-hydrogen) atoms. The first-order chi connectivity index (χ1) is 12.4. The molecule has 0 bridgehead atoms. The van der Waals surface area contributed by atoms with Crippen molar-refractivity contribution in [3.63, 3.8) is 0 Å². The van der Waals surface area contributed by atoms with E-state index in [2.05, 4.69) is 20.2 Å². The van der Waals surface area contributed by atoms with Crippen LogP contribution in [0.25, 0.3) is 0 Å². The Balaban J connectivity index is 1.73. The summed E-state index contributed by atoms with van der Waals surface area (Å²) in [4.78, 5) is 33.5. The highest BCUT2D eigenvalue weighted by atomic mass is 16.4. The predicted octanol–water partition coefficient (Wildman–Crippen LogP) is 3.03. The van der Waals surface area contributed by atoms with Crippen molar-refractivity contribution in [1.82, 2.24) is 9.97 Å². The molecular weight excluding hydrogens is 332 g/mol. The number of carboxylic acid groups (broad SMARTS) is 1.